The van der Waals surface area contributed by atoms with Gasteiger partial charge in [0.15, 0.2) is 0 Å². The van der Waals surface area contributed by atoms with Crippen molar-refractivity contribution in [2.75, 3.05) is 6.61 Å². The Hall–Kier alpha value is -1.35. The van der Waals surface area contributed by atoms with Crippen LogP contribution in [-0.4, -0.2) is 17.7 Å². The van der Waals surface area contributed by atoms with Gasteiger partial charge < -0.3 is 9.84 Å². The van der Waals surface area contributed by atoms with E-state index in [4.69, 9.17) is 9.84 Å². The maximum absolute atomic E-state index is 11.0. The fraction of sp³-hybridized carbons (Fsp3) is 0.500. The van der Waals surface area contributed by atoms with Gasteiger partial charge in [0.05, 0.1) is 19.1 Å². The minimum atomic E-state index is -0.758. The van der Waals surface area contributed by atoms with E-state index in [9.17, 15) is 4.79 Å². The lowest BCUT2D eigenvalue weighted by atomic mass is 10.0. The highest BCUT2D eigenvalue weighted by Gasteiger charge is 2.16. The predicted octanol–water partition coefficient (Wildman–Crippen LogP) is 3.09. The normalized spacial score (nSPS) is 12.3. The van der Waals surface area contributed by atoms with Gasteiger partial charge in [-0.25, -0.2) is 0 Å². The number of hydrogen-bond donors (Lipinski definition) is 1. The molecule has 0 amide bonds. The molecule has 1 aromatic rings. The molecule has 0 saturated heterocycles. The molecule has 3 nitrogen and oxygen atoms in total. The maximum atomic E-state index is 11.0. The maximum Gasteiger partial charge on any atom is 0.308 e. The van der Waals surface area contributed by atoms with Crippen LogP contribution in [0.5, 0.6) is 0 Å². The standard InChI is InChI=1S/C14H20O3/c1-2-3-9-13(14(15)16)11-17-10-12-7-5-4-6-8-12/h4-8,13H,2-3,9-11H2,1H3,(H,15,16)/t13-/m0/s1. The molecular formula is C14H20O3. The molecule has 1 aromatic carbocycles. The molecule has 0 heterocycles. The van der Waals surface area contributed by atoms with Crippen molar-refractivity contribution < 1.29 is 14.6 Å². The number of rotatable bonds is 8. The molecule has 0 bridgehead atoms. The average Bonchev–Trinajstić information content (AvgIpc) is 2.34. The molecule has 0 aliphatic rings. The summed E-state index contributed by atoms with van der Waals surface area (Å²) in [6.45, 7) is 2.84. The summed E-state index contributed by atoms with van der Waals surface area (Å²) >= 11 is 0. The Bertz CT molecular complexity index is 321. The van der Waals surface area contributed by atoms with Crippen LogP contribution in [0.15, 0.2) is 30.3 Å². The van der Waals surface area contributed by atoms with Crippen molar-refractivity contribution in [1.29, 1.82) is 0 Å². The van der Waals surface area contributed by atoms with Crippen LogP contribution in [0.2, 0.25) is 0 Å². The first-order valence-electron chi connectivity index (χ1n) is 6.08. The van der Waals surface area contributed by atoms with Crippen LogP contribution in [0, 0.1) is 5.92 Å². The Kier molecular flexibility index (Phi) is 6.33. The van der Waals surface area contributed by atoms with Crippen molar-refractivity contribution in [3.63, 3.8) is 0 Å². The minimum Gasteiger partial charge on any atom is -0.481 e. The highest BCUT2D eigenvalue weighted by molar-refractivity contribution is 5.70. The summed E-state index contributed by atoms with van der Waals surface area (Å²) in [4.78, 5) is 11.0. The first kappa shape index (κ1) is 13.7. The van der Waals surface area contributed by atoms with Gasteiger partial charge in [0.1, 0.15) is 0 Å². The molecule has 0 aromatic heterocycles. The number of carboxylic acid groups (broad SMARTS) is 1. The van der Waals surface area contributed by atoms with Crippen LogP contribution >= 0.6 is 0 Å². The Balaban J connectivity index is 2.29. The molecule has 0 aliphatic heterocycles. The van der Waals surface area contributed by atoms with E-state index in [-0.39, 0.29) is 5.92 Å². The Morgan fingerprint density at radius 3 is 2.65 bits per heavy atom. The van der Waals surface area contributed by atoms with Gasteiger partial charge in [-0.3, -0.25) is 4.79 Å². The smallest absolute Gasteiger partial charge is 0.308 e. The van der Waals surface area contributed by atoms with Crippen molar-refractivity contribution in [2.45, 2.75) is 32.8 Å². The molecule has 1 N–H and O–H groups in total. The Labute approximate surface area is 102 Å². The van der Waals surface area contributed by atoms with Crippen LogP contribution in [0.3, 0.4) is 0 Å². The second-order valence-electron chi connectivity index (χ2n) is 4.18. The number of hydrogen-bond acceptors (Lipinski definition) is 2. The van der Waals surface area contributed by atoms with Crippen LogP contribution in [0.25, 0.3) is 0 Å². The number of benzene rings is 1. The van der Waals surface area contributed by atoms with Gasteiger partial charge in [0, 0.05) is 0 Å². The van der Waals surface area contributed by atoms with Crippen LogP contribution < -0.4 is 0 Å². The fourth-order valence-electron chi connectivity index (χ4n) is 1.62. The zero-order valence-corrected chi connectivity index (χ0v) is 10.3. The van der Waals surface area contributed by atoms with Crippen LogP contribution in [0.4, 0.5) is 0 Å². The lowest BCUT2D eigenvalue weighted by Gasteiger charge is -2.12. The lowest BCUT2D eigenvalue weighted by molar-refractivity contribution is -0.144. The molecule has 3 heteroatoms. The molecule has 94 valence electrons. The van der Waals surface area contributed by atoms with E-state index < -0.39 is 5.97 Å². The first-order chi connectivity index (χ1) is 8.24. The SMILES string of the molecule is CCCC[C@@H](COCc1ccccc1)C(=O)O. The van der Waals surface area contributed by atoms with Gasteiger partial charge in [-0.15, -0.1) is 0 Å². The molecule has 0 unspecified atom stereocenters. The molecule has 17 heavy (non-hydrogen) atoms. The van der Waals surface area contributed by atoms with Gasteiger partial charge in [-0.1, -0.05) is 50.1 Å². The van der Waals surface area contributed by atoms with Gasteiger partial charge in [0.2, 0.25) is 0 Å². The summed E-state index contributed by atoms with van der Waals surface area (Å²) in [6, 6.07) is 9.79. The second-order valence-corrected chi connectivity index (χ2v) is 4.18. The summed E-state index contributed by atoms with van der Waals surface area (Å²) in [5, 5.41) is 9.02. The molecular weight excluding hydrogens is 216 g/mol. The van der Waals surface area contributed by atoms with Crippen molar-refractivity contribution in [1.82, 2.24) is 0 Å². The van der Waals surface area contributed by atoms with E-state index in [1.807, 2.05) is 30.3 Å². The quantitative estimate of drug-likeness (QED) is 0.754. The van der Waals surface area contributed by atoms with Crippen molar-refractivity contribution >= 4 is 5.97 Å². The molecule has 0 saturated carbocycles. The summed E-state index contributed by atoms with van der Waals surface area (Å²) in [7, 11) is 0. The third-order valence-corrected chi connectivity index (χ3v) is 2.69. The van der Waals surface area contributed by atoms with Gasteiger partial charge in [-0.2, -0.15) is 0 Å². The van der Waals surface area contributed by atoms with E-state index in [2.05, 4.69) is 6.92 Å². The molecule has 1 rings (SSSR count). The highest BCUT2D eigenvalue weighted by atomic mass is 16.5. The number of aliphatic carboxylic acids is 1. The van der Waals surface area contributed by atoms with E-state index in [0.29, 0.717) is 19.6 Å². The van der Waals surface area contributed by atoms with E-state index in [1.165, 1.54) is 0 Å². The zero-order valence-electron chi connectivity index (χ0n) is 10.3. The third-order valence-electron chi connectivity index (χ3n) is 2.69. The van der Waals surface area contributed by atoms with Gasteiger partial charge in [0.25, 0.3) is 0 Å². The predicted molar refractivity (Wildman–Crippen MR) is 66.7 cm³/mol. The summed E-state index contributed by atoms with van der Waals surface area (Å²) in [6.07, 6.45) is 2.65. The average molecular weight is 236 g/mol. The molecule has 0 spiro atoms. The second kappa shape index (κ2) is 7.85. The van der Waals surface area contributed by atoms with Crippen LogP contribution in [-0.2, 0) is 16.1 Å². The summed E-state index contributed by atoms with van der Waals surface area (Å²) in [5.74, 6) is -1.13. The van der Waals surface area contributed by atoms with E-state index in [1.54, 1.807) is 0 Å². The Morgan fingerprint density at radius 1 is 1.35 bits per heavy atom. The largest absolute Gasteiger partial charge is 0.481 e. The van der Waals surface area contributed by atoms with E-state index >= 15 is 0 Å². The van der Waals surface area contributed by atoms with Crippen molar-refractivity contribution in [3.05, 3.63) is 35.9 Å². The van der Waals surface area contributed by atoms with Gasteiger partial charge in [-0.05, 0) is 12.0 Å². The van der Waals surface area contributed by atoms with Crippen molar-refractivity contribution in [3.8, 4) is 0 Å². The molecule has 0 radical (unpaired) electrons. The number of carbonyl (C=O) groups is 1. The molecule has 0 aliphatic carbocycles. The topological polar surface area (TPSA) is 46.5 Å². The van der Waals surface area contributed by atoms with Crippen LogP contribution in [0.1, 0.15) is 31.7 Å². The van der Waals surface area contributed by atoms with Crippen molar-refractivity contribution in [2.24, 2.45) is 5.92 Å². The fourth-order valence-corrected chi connectivity index (χ4v) is 1.62. The highest BCUT2D eigenvalue weighted by Crippen LogP contribution is 2.11. The number of carboxylic acids is 1. The number of ether oxygens (including phenoxy) is 1. The zero-order chi connectivity index (χ0) is 12.5. The molecule has 1 atom stereocenters. The monoisotopic (exact) mass is 236 g/mol. The molecule has 0 fully saturated rings. The lowest BCUT2D eigenvalue weighted by Crippen LogP contribution is -2.19. The first-order valence-corrected chi connectivity index (χ1v) is 6.08. The Morgan fingerprint density at radius 2 is 2.06 bits per heavy atom. The minimum absolute atomic E-state index is 0.296. The summed E-state index contributed by atoms with van der Waals surface area (Å²) < 4.78 is 5.46. The van der Waals surface area contributed by atoms with Gasteiger partial charge >= 0.3 is 5.97 Å². The third kappa shape index (κ3) is 5.50. The van der Waals surface area contributed by atoms with E-state index in [0.717, 1.165) is 18.4 Å². The summed E-state index contributed by atoms with van der Waals surface area (Å²) in [5.41, 5.74) is 1.08. The number of unbranched alkanes of at least 4 members (excludes halogenated alkanes) is 1.